The summed E-state index contributed by atoms with van der Waals surface area (Å²) in [6.45, 7) is 5.43. The van der Waals surface area contributed by atoms with Gasteiger partial charge < -0.3 is 10.4 Å². The first-order valence-corrected chi connectivity index (χ1v) is 8.77. The molecule has 4 heteroatoms. The van der Waals surface area contributed by atoms with E-state index < -0.39 is 5.54 Å². The highest BCUT2D eigenvalue weighted by molar-refractivity contribution is 5.98. The standard InChI is InChI=1S/C22H24N2O2/c1-15-18(13-20(26)24-22(2,3)14-25)21(16-9-5-4-6-10-16)17-11-7-8-12-19(17)23-15/h4-12,25H,13-14H2,1-3H3,(H,24,26). The van der Waals surface area contributed by atoms with Crippen molar-refractivity contribution >= 4 is 16.8 Å². The molecular formula is C22H24N2O2. The summed E-state index contributed by atoms with van der Waals surface area (Å²) in [6.07, 6.45) is 0.220. The molecule has 3 aromatic rings. The van der Waals surface area contributed by atoms with E-state index in [0.717, 1.165) is 33.3 Å². The van der Waals surface area contributed by atoms with Crippen LogP contribution in [0.1, 0.15) is 25.1 Å². The molecule has 134 valence electrons. The highest BCUT2D eigenvalue weighted by Gasteiger charge is 2.22. The van der Waals surface area contributed by atoms with E-state index in [-0.39, 0.29) is 18.9 Å². The fourth-order valence-corrected chi connectivity index (χ4v) is 3.15. The summed E-state index contributed by atoms with van der Waals surface area (Å²) in [5, 5.41) is 13.3. The van der Waals surface area contributed by atoms with Crippen molar-refractivity contribution in [1.82, 2.24) is 10.3 Å². The number of fused-ring (bicyclic) bond motifs is 1. The van der Waals surface area contributed by atoms with E-state index in [1.54, 1.807) is 13.8 Å². The number of carbonyl (C=O) groups excluding carboxylic acids is 1. The Morgan fingerprint density at radius 2 is 1.73 bits per heavy atom. The normalized spacial score (nSPS) is 11.5. The number of para-hydroxylation sites is 1. The third-order valence-corrected chi connectivity index (χ3v) is 4.47. The topological polar surface area (TPSA) is 62.2 Å². The Morgan fingerprint density at radius 3 is 2.42 bits per heavy atom. The molecule has 4 nitrogen and oxygen atoms in total. The van der Waals surface area contributed by atoms with Crippen LogP contribution in [0.4, 0.5) is 0 Å². The van der Waals surface area contributed by atoms with Crippen molar-refractivity contribution in [1.29, 1.82) is 0 Å². The number of benzene rings is 2. The van der Waals surface area contributed by atoms with Gasteiger partial charge in [-0.25, -0.2) is 0 Å². The monoisotopic (exact) mass is 348 g/mol. The van der Waals surface area contributed by atoms with Crippen LogP contribution in [0.2, 0.25) is 0 Å². The Balaban J connectivity index is 2.13. The molecule has 26 heavy (non-hydrogen) atoms. The Kier molecular flexibility index (Phi) is 5.05. The molecule has 1 heterocycles. The second-order valence-electron chi connectivity index (χ2n) is 7.20. The Labute approximate surface area is 153 Å². The van der Waals surface area contributed by atoms with E-state index >= 15 is 0 Å². The third kappa shape index (κ3) is 3.75. The fraction of sp³-hybridized carbons (Fsp3) is 0.273. The molecule has 0 unspecified atom stereocenters. The highest BCUT2D eigenvalue weighted by atomic mass is 16.3. The number of amides is 1. The van der Waals surface area contributed by atoms with Gasteiger partial charge in [0.2, 0.25) is 5.91 Å². The number of nitrogens with one attached hydrogen (secondary N) is 1. The van der Waals surface area contributed by atoms with Crippen LogP contribution in [-0.2, 0) is 11.2 Å². The van der Waals surface area contributed by atoms with E-state index in [0.29, 0.717) is 0 Å². The summed E-state index contributed by atoms with van der Waals surface area (Å²) in [6, 6.07) is 18.1. The zero-order valence-corrected chi connectivity index (χ0v) is 15.4. The minimum Gasteiger partial charge on any atom is -0.394 e. The van der Waals surface area contributed by atoms with Crippen molar-refractivity contribution in [2.45, 2.75) is 32.7 Å². The van der Waals surface area contributed by atoms with E-state index in [1.807, 2.05) is 49.4 Å². The van der Waals surface area contributed by atoms with Gasteiger partial charge in [0.05, 0.1) is 24.1 Å². The van der Waals surface area contributed by atoms with Gasteiger partial charge in [-0.3, -0.25) is 9.78 Å². The van der Waals surface area contributed by atoms with Gasteiger partial charge in [-0.1, -0.05) is 48.5 Å². The second-order valence-corrected chi connectivity index (χ2v) is 7.20. The van der Waals surface area contributed by atoms with Gasteiger partial charge in [0.1, 0.15) is 0 Å². The van der Waals surface area contributed by atoms with Gasteiger partial charge in [-0.05, 0) is 43.5 Å². The molecule has 1 amide bonds. The first-order valence-electron chi connectivity index (χ1n) is 8.77. The minimum atomic E-state index is -0.651. The van der Waals surface area contributed by atoms with Gasteiger partial charge >= 0.3 is 0 Å². The highest BCUT2D eigenvalue weighted by Crippen LogP contribution is 2.33. The smallest absolute Gasteiger partial charge is 0.225 e. The molecule has 0 atom stereocenters. The van der Waals surface area contributed by atoms with Crippen LogP contribution >= 0.6 is 0 Å². The zero-order valence-electron chi connectivity index (χ0n) is 15.4. The molecule has 0 aliphatic rings. The molecule has 0 saturated heterocycles. The summed E-state index contributed by atoms with van der Waals surface area (Å²) < 4.78 is 0. The average molecular weight is 348 g/mol. The van der Waals surface area contributed by atoms with Crippen LogP contribution in [0, 0.1) is 6.92 Å². The molecule has 0 fully saturated rings. The molecule has 1 aromatic heterocycles. The lowest BCUT2D eigenvalue weighted by Gasteiger charge is -2.24. The number of pyridine rings is 1. The summed E-state index contributed by atoms with van der Waals surface area (Å²) in [5.41, 5.74) is 4.15. The predicted molar refractivity (Wildman–Crippen MR) is 105 cm³/mol. The van der Waals surface area contributed by atoms with Crippen molar-refractivity contribution in [3.63, 3.8) is 0 Å². The molecule has 0 aliphatic carbocycles. The fourth-order valence-electron chi connectivity index (χ4n) is 3.15. The second kappa shape index (κ2) is 7.26. The molecule has 0 aliphatic heterocycles. The van der Waals surface area contributed by atoms with Crippen LogP contribution in [0.15, 0.2) is 54.6 Å². The summed E-state index contributed by atoms with van der Waals surface area (Å²) >= 11 is 0. The molecule has 0 radical (unpaired) electrons. The van der Waals surface area contributed by atoms with Crippen LogP contribution in [0.3, 0.4) is 0 Å². The molecule has 2 aromatic carbocycles. The first-order chi connectivity index (χ1) is 12.4. The third-order valence-electron chi connectivity index (χ3n) is 4.47. The van der Waals surface area contributed by atoms with Gasteiger partial charge in [0.15, 0.2) is 0 Å². The molecule has 0 saturated carbocycles. The van der Waals surface area contributed by atoms with Crippen LogP contribution in [0.5, 0.6) is 0 Å². The SMILES string of the molecule is Cc1nc2ccccc2c(-c2ccccc2)c1CC(=O)NC(C)(C)CO. The number of aliphatic hydroxyl groups is 1. The first kappa shape index (κ1) is 18.1. The molecule has 0 spiro atoms. The molecule has 0 bridgehead atoms. The van der Waals surface area contributed by atoms with E-state index in [1.165, 1.54) is 0 Å². The van der Waals surface area contributed by atoms with E-state index in [2.05, 4.69) is 17.4 Å². The van der Waals surface area contributed by atoms with E-state index in [9.17, 15) is 9.90 Å². The van der Waals surface area contributed by atoms with Gasteiger partial charge in [-0.2, -0.15) is 0 Å². The summed E-state index contributed by atoms with van der Waals surface area (Å²) in [4.78, 5) is 17.3. The lowest BCUT2D eigenvalue weighted by atomic mass is 9.92. The summed E-state index contributed by atoms with van der Waals surface area (Å²) in [5.74, 6) is -0.124. The zero-order chi connectivity index (χ0) is 18.7. The van der Waals surface area contributed by atoms with Gasteiger partial charge in [-0.15, -0.1) is 0 Å². The number of aromatic nitrogens is 1. The number of nitrogens with zero attached hydrogens (tertiary/aromatic N) is 1. The summed E-state index contributed by atoms with van der Waals surface area (Å²) in [7, 11) is 0. The quantitative estimate of drug-likeness (QED) is 0.740. The number of aryl methyl sites for hydroxylation is 1. The van der Waals surface area contributed by atoms with Crippen molar-refractivity contribution in [2.24, 2.45) is 0 Å². The van der Waals surface area contributed by atoms with Crippen LogP contribution in [0.25, 0.3) is 22.0 Å². The number of carbonyl (C=O) groups is 1. The average Bonchev–Trinajstić information content (AvgIpc) is 2.62. The maximum atomic E-state index is 12.6. The lowest BCUT2D eigenvalue weighted by molar-refractivity contribution is -0.122. The largest absolute Gasteiger partial charge is 0.394 e. The predicted octanol–water partition coefficient (Wildman–Crippen LogP) is 3.64. The van der Waals surface area contributed by atoms with E-state index in [4.69, 9.17) is 4.98 Å². The Bertz CT molecular complexity index is 934. The number of hydrogen-bond donors (Lipinski definition) is 2. The number of aliphatic hydroxyl groups excluding tert-OH is 1. The van der Waals surface area contributed by atoms with Crippen molar-refractivity contribution in [2.75, 3.05) is 6.61 Å². The number of rotatable bonds is 5. The minimum absolute atomic E-state index is 0.112. The Morgan fingerprint density at radius 1 is 1.08 bits per heavy atom. The van der Waals surface area contributed by atoms with Crippen molar-refractivity contribution < 1.29 is 9.90 Å². The maximum absolute atomic E-state index is 12.6. The number of hydrogen-bond acceptors (Lipinski definition) is 3. The lowest BCUT2D eigenvalue weighted by Crippen LogP contribution is -2.47. The molecule has 2 N–H and O–H groups in total. The van der Waals surface area contributed by atoms with Gasteiger partial charge in [0.25, 0.3) is 0 Å². The molecular weight excluding hydrogens is 324 g/mol. The molecule has 3 rings (SSSR count). The van der Waals surface area contributed by atoms with Gasteiger partial charge in [0, 0.05) is 11.1 Å². The van der Waals surface area contributed by atoms with Crippen LogP contribution in [-0.4, -0.2) is 28.1 Å². The Hall–Kier alpha value is -2.72. The van der Waals surface area contributed by atoms with Crippen molar-refractivity contribution in [3.8, 4) is 11.1 Å². The van der Waals surface area contributed by atoms with Crippen LogP contribution < -0.4 is 5.32 Å². The van der Waals surface area contributed by atoms with Crippen molar-refractivity contribution in [3.05, 3.63) is 65.9 Å². The maximum Gasteiger partial charge on any atom is 0.225 e.